The van der Waals surface area contributed by atoms with Crippen LogP contribution in [0.2, 0.25) is 0 Å². The number of hydrogen-bond donors (Lipinski definition) is 0. The summed E-state index contributed by atoms with van der Waals surface area (Å²) in [7, 11) is 0. The third-order valence-electron chi connectivity index (χ3n) is 6.14. The van der Waals surface area contributed by atoms with Gasteiger partial charge in [0, 0.05) is 58.1 Å². The summed E-state index contributed by atoms with van der Waals surface area (Å²) in [4.78, 5) is 16.7. The van der Waals surface area contributed by atoms with Crippen LogP contribution in [-0.4, -0.2) is 60.7 Å². The quantitative estimate of drug-likeness (QED) is 0.815. The van der Waals surface area contributed by atoms with Gasteiger partial charge >= 0.3 is 0 Å². The third kappa shape index (κ3) is 3.74. The molecule has 0 aromatic heterocycles. The van der Waals surface area contributed by atoms with E-state index in [-0.39, 0.29) is 11.5 Å². The Bertz CT molecular complexity index is 661. The molecule has 26 heavy (non-hydrogen) atoms. The van der Waals surface area contributed by atoms with E-state index in [4.69, 9.17) is 9.47 Å². The van der Waals surface area contributed by atoms with Crippen molar-refractivity contribution in [2.75, 3.05) is 39.4 Å². The standard InChI is InChI=1S/C21H30N2O3/c1-16-3-4-20-19(11-16)13-23(17(2)24)15-21(26-20)6-8-22(9-7-21)12-18-5-10-25-14-18/h3-4,11,18H,5-10,12-15H2,1-2H3. The summed E-state index contributed by atoms with van der Waals surface area (Å²) in [6.45, 7) is 10.1. The molecule has 0 radical (unpaired) electrons. The SMILES string of the molecule is CC(=O)N1Cc2cc(C)ccc2OC2(CCN(CC3CCOC3)CC2)C1. The van der Waals surface area contributed by atoms with Crippen LogP contribution in [0, 0.1) is 12.8 Å². The highest BCUT2D eigenvalue weighted by molar-refractivity contribution is 5.73. The van der Waals surface area contributed by atoms with E-state index in [1.807, 2.05) is 4.90 Å². The number of rotatable bonds is 2. The molecule has 3 aliphatic heterocycles. The molecule has 2 fully saturated rings. The molecule has 5 nitrogen and oxygen atoms in total. The number of nitrogens with zero attached hydrogens (tertiary/aromatic N) is 2. The van der Waals surface area contributed by atoms with Crippen LogP contribution in [0.3, 0.4) is 0 Å². The molecular weight excluding hydrogens is 328 g/mol. The predicted molar refractivity (Wildman–Crippen MR) is 100 cm³/mol. The van der Waals surface area contributed by atoms with Crippen molar-refractivity contribution in [1.29, 1.82) is 0 Å². The van der Waals surface area contributed by atoms with E-state index in [1.54, 1.807) is 6.92 Å². The molecule has 0 aliphatic carbocycles. The summed E-state index contributed by atoms with van der Waals surface area (Å²) < 4.78 is 12.1. The van der Waals surface area contributed by atoms with E-state index in [1.165, 1.54) is 12.0 Å². The fourth-order valence-corrected chi connectivity index (χ4v) is 4.52. The number of carbonyl (C=O) groups excluding carboxylic acids is 1. The normalized spacial score (nSPS) is 25.6. The van der Waals surface area contributed by atoms with Gasteiger partial charge in [-0.1, -0.05) is 17.7 Å². The second-order valence-electron chi connectivity index (χ2n) is 8.30. The summed E-state index contributed by atoms with van der Waals surface area (Å²) in [5.41, 5.74) is 2.08. The average molecular weight is 358 g/mol. The molecule has 0 N–H and O–H groups in total. The van der Waals surface area contributed by atoms with Crippen molar-refractivity contribution in [2.45, 2.75) is 45.3 Å². The van der Waals surface area contributed by atoms with Crippen molar-refractivity contribution in [3.63, 3.8) is 0 Å². The van der Waals surface area contributed by atoms with Gasteiger partial charge in [-0.3, -0.25) is 4.79 Å². The summed E-state index contributed by atoms with van der Waals surface area (Å²) in [6.07, 6.45) is 3.12. The lowest BCUT2D eigenvalue weighted by Gasteiger charge is -2.43. The molecule has 5 heteroatoms. The molecule has 4 rings (SSSR count). The van der Waals surface area contributed by atoms with Gasteiger partial charge in [0.25, 0.3) is 0 Å². The van der Waals surface area contributed by atoms with Crippen LogP contribution in [-0.2, 0) is 16.1 Å². The van der Waals surface area contributed by atoms with Crippen molar-refractivity contribution < 1.29 is 14.3 Å². The molecule has 2 saturated heterocycles. The van der Waals surface area contributed by atoms with Crippen LogP contribution >= 0.6 is 0 Å². The molecule has 0 saturated carbocycles. The lowest BCUT2D eigenvalue weighted by atomic mass is 9.89. The van der Waals surface area contributed by atoms with E-state index < -0.39 is 0 Å². The molecule has 1 amide bonds. The molecule has 3 aliphatic rings. The molecule has 1 unspecified atom stereocenters. The molecular formula is C21H30N2O3. The Morgan fingerprint density at radius 2 is 2.12 bits per heavy atom. The number of aryl methyl sites for hydroxylation is 1. The highest BCUT2D eigenvalue weighted by Crippen LogP contribution is 2.36. The fraction of sp³-hybridized carbons (Fsp3) is 0.667. The first-order valence-electron chi connectivity index (χ1n) is 9.87. The Balaban J connectivity index is 1.49. The lowest BCUT2D eigenvalue weighted by molar-refractivity contribution is -0.132. The number of amides is 1. The molecule has 0 bridgehead atoms. The van der Waals surface area contributed by atoms with E-state index in [0.29, 0.717) is 19.0 Å². The Hall–Kier alpha value is -1.59. The van der Waals surface area contributed by atoms with Crippen LogP contribution < -0.4 is 4.74 Å². The fourth-order valence-electron chi connectivity index (χ4n) is 4.52. The minimum atomic E-state index is -0.255. The maximum atomic E-state index is 12.2. The molecule has 1 spiro atoms. The van der Waals surface area contributed by atoms with Gasteiger partial charge in [0.2, 0.25) is 5.91 Å². The van der Waals surface area contributed by atoms with Gasteiger partial charge < -0.3 is 19.3 Å². The van der Waals surface area contributed by atoms with Crippen molar-refractivity contribution in [2.24, 2.45) is 5.92 Å². The van der Waals surface area contributed by atoms with Crippen molar-refractivity contribution in [3.8, 4) is 5.75 Å². The van der Waals surface area contributed by atoms with Crippen LogP contribution in [0.1, 0.15) is 37.3 Å². The number of fused-ring (bicyclic) bond motifs is 1. The minimum absolute atomic E-state index is 0.132. The summed E-state index contributed by atoms with van der Waals surface area (Å²) in [6, 6.07) is 6.34. The van der Waals surface area contributed by atoms with Gasteiger partial charge in [0.1, 0.15) is 11.4 Å². The molecule has 1 atom stereocenters. The maximum absolute atomic E-state index is 12.2. The number of hydrogen-bond acceptors (Lipinski definition) is 4. The third-order valence-corrected chi connectivity index (χ3v) is 6.14. The number of ether oxygens (including phenoxy) is 2. The van der Waals surface area contributed by atoms with Crippen molar-refractivity contribution in [1.82, 2.24) is 9.80 Å². The molecule has 3 heterocycles. The number of carbonyl (C=O) groups is 1. The van der Waals surface area contributed by atoms with E-state index in [9.17, 15) is 4.79 Å². The zero-order chi connectivity index (χ0) is 18.1. The van der Waals surface area contributed by atoms with Crippen LogP contribution in [0.5, 0.6) is 5.75 Å². The maximum Gasteiger partial charge on any atom is 0.219 e. The second kappa shape index (κ2) is 7.20. The van der Waals surface area contributed by atoms with E-state index >= 15 is 0 Å². The van der Waals surface area contributed by atoms with E-state index in [0.717, 1.165) is 57.0 Å². The number of benzene rings is 1. The first-order valence-corrected chi connectivity index (χ1v) is 9.87. The highest BCUT2D eigenvalue weighted by atomic mass is 16.5. The van der Waals surface area contributed by atoms with Gasteiger partial charge in [-0.05, 0) is 25.3 Å². The lowest BCUT2D eigenvalue weighted by Crippen LogP contribution is -2.54. The summed E-state index contributed by atoms with van der Waals surface area (Å²) >= 11 is 0. The number of likely N-dealkylation sites (tertiary alicyclic amines) is 1. The minimum Gasteiger partial charge on any atom is -0.485 e. The monoisotopic (exact) mass is 358 g/mol. The van der Waals surface area contributed by atoms with Gasteiger partial charge in [-0.15, -0.1) is 0 Å². The van der Waals surface area contributed by atoms with Gasteiger partial charge in [0.15, 0.2) is 0 Å². The summed E-state index contributed by atoms with van der Waals surface area (Å²) in [5.74, 6) is 1.77. The average Bonchev–Trinajstić information content (AvgIpc) is 3.06. The van der Waals surface area contributed by atoms with Crippen molar-refractivity contribution in [3.05, 3.63) is 29.3 Å². The predicted octanol–water partition coefficient (Wildman–Crippen LogP) is 2.61. The van der Waals surface area contributed by atoms with E-state index in [2.05, 4.69) is 30.0 Å². The van der Waals surface area contributed by atoms with Crippen molar-refractivity contribution >= 4 is 5.91 Å². The number of piperidine rings is 1. The largest absolute Gasteiger partial charge is 0.485 e. The Morgan fingerprint density at radius 1 is 1.31 bits per heavy atom. The molecule has 1 aromatic rings. The van der Waals surface area contributed by atoms with Gasteiger partial charge in [0.05, 0.1) is 13.2 Å². The first-order chi connectivity index (χ1) is 12.5. The Labute approximate surface area is 156 Å². The Morgan fingerprint density at radius 3 is 2.81 bits per heavy atom. The van der Waals surface area contributed by atoms with Gasteiger partial charge in [-0.2, -0.15) is 0 Å². The molecule has 142 valence electrons. The topological polar surface area (TPSA) is 42.0 Å². The smallest absolute Gasteiger partial charge is 0.219 e. The molecule has 1 aromatic carbocycles. The van der Waals surface area contributed by atoms with Gasteiger partial charge in [-0.25, -0.2) is 0 Å². The summed E-state index contributed by atoms with van der Waals surface area (Å²) in [5, 5.41) is 0. The zero-order valence-electron chi connectivity index (χ0n) is 16.0. The van der Waals surface area contributed by atoms with Crippen LogP contribution in [0.4, 0.5) is 0 Å². The highest BCUT2D eigenvalue weighted by Gasteiger charge is 2.41. The Kier molecular flexibility index (Phi) is 4.93. The first kappa shape index (κ1) is 17.8. The second-order valence-corrected chi connectivity index (χ2v) is 8.30. The van der Waals surface area contributed by atoms with Crippen LogP contribution in [0.25, 0.3) is 0 Å². The zero-order valence-corrected chi connectivity index (χ0v) is 16.0. The van der Waals surface area contributed by atoms with Crippen LogP contribution in [0.15, 0.2) is 18.2 Å².